The van der Waals surface area contributed by atoms with E-state index in [4.69, 9.17) is 0 Å². The molecule has 0 spiro atoms. The maximum absolute atomic E-state index is 12.1. The molecule has 0 aliphatic rings. The first-order valence-corrected chi connectivity index (χ1v) is 9.50. The summed E-state index contributed by atoms with van der Waals surface area (Å²) in [6, 6.07) is 6.92. The summed E-state index contributed by atoms with van der Waals surface area (Å²) < 4.78 is 26.9. The van der Waals surface area contributed by atoms with Crippen LogP contribution in [0.2, 0.25) is 0 Å². The quantitative estimate of drug-likeness (QED) is 0.686. The lowest BCUT2D eigenvalue weighted by atomic mass is 10.2. The Kier molecular flexibility index (Phi) is 7.72. The lowest BCUT2D eigenvalue weighted by Gasteiger charge is -2.19. The molecule has 6 heteroatoms. The van der Waals surface area contributed by atoms with Crippen LogP contribution in [0.5, 0.6) is 0 Å². The van der Waals surface area contributed by atoms with Crippen molar-refractivity contribution in [3.63, 3.8) is 0 Å². The molecule has 1 N–H and O–H groups in total. The molecule has 0 saturated heterocycles. The second-order valence-electron chi connectivity index (χ2n) is 4.61. The molecule has 0 heterocycles. The Hall–Kier alpha value is -0.430. The van der Waals surface area contributed by atoms with E-state index in [-0.39, 0.29) is 0 Å². The van der Waals surface area contributed by atoms with Gasteiger partial charge in [-0.15, -0.1) is 0 Å². The lowest BCUT2D eigenvalue weighted by Crippen LogP contribution is -2.35. The molecule has 0 saturated carbocycles. The Bertz CT molecular complexity index is 488. The number of nitrogens with zero attached hydrogens (tertiary/aromatic N) is 1. The number of hydrogen-bond acceptors (Lipinski definition) is 3. The number of likely N-dealkylation sites (N-methyl/N-ethyl adjacent to an activating group) is 1. The van der Waals surface area contributed by atoms with Crippen molar-refractivity contribution >= 4 is 26.0 Å². The van der Waals surface area contributed by atoms with Crippen LogP contribution in [0.4, 0.5) is 0 Å². The number of halogens is 1. The molecule has 4 nitrogen and oxygen atoms in total. The van der Waals surface area contributed by atoms with Gasteiger partial charge in [0, 0.05) is 18.4 Å². The van der Waals surface area contributed by atoms with E-state index in [9.17, 15) is 8.42 Å². The number of sulfonamides is 1. The van der Waals surface area contributed by atoms with E-state index in [2.05, 4.69) is 39.4 Å². The number of hydrogen-bond donors (Lipinski definition) is 1. The van der Waals surface area contributed by atoms with Gasteiger partial charge in [0.2, 0.25) is 10.0 Å². The van der Waals surface area contributed by atoms with Crippen molar-refractivity contribution in [1.29, 1.82) is 0 Å². The summed E-state index contributed by atoms with van der Waals surface area (Å²) in [4.78, 5) is 2.55. The summed E-state index contributed by atoms with van der Waals surface area (Å²) in [5.41, 5.74) is 1.06. The number of benzene rings is 1. The van der Waals surface area contributed by atoms with Crippen molar-refractivity contribution in [3.05, 3.63) is 29.8 Å². The fraction of sp³-hybridized carbons (Fsp3) is 0.571. The fourth-order valence-corrected chi connectivity index (χ4v) is 3.32. The van der Waals surface area contributed by atoms with Gasteiger partial charge >= 0.3 is 0 Å². The monoisotopic (exact) mass is 362 g/mol. The molecule has 0 radical (unpaired) electrons. The summed E-state index contributed by atoms with van der Waals surface area (Å²) in [6.45, 7) is 7.33. The maximum atomic E-state index is 12.1. The van der Waals surface area contributed by atoms with Crippen LogP contribution in [0.1, 0.15) is 25.8 Å². The summed E-state index contributed by atoms with van der Waals surface area (Å²) in [5.74, 6) is 0. The Morgan fingerprint density at radius 1 is 1.15 bits per heavy atom. The van der Waals surface area contributed by atoms with Crippen LogP contribution in [-0.2, 0) is 15.4 Å². The molecular weight excluding hydrogens is 340 g/mol. The van der Waals surface area contributed by atoms with E-state index < -0.39 is 10.0 Å². The van der Waals surface area contributed by atoms with E-state index in [0.29, 0.717) is 11.4 Å². The highest BCUT2D eigenvalue weighted by Gasteiger charge is 2.13. The van der Waals surface area contributed by atoms with E-state index >= 15 is 0 Å². The normalized spacial score (nSPS) is 12.0. The van der Waals surface area contributed by atoms with Crippen molar-refractivity contribution < 1.29 is 8.42 Å². The molecule has 20 heavy (non-hydrogen) atoms. The van der Waals surface area contributed by atoms with Gasteiger partial charge in [-0.2, -0.15) is 0 Å². The minimum Gasteiger partial charge on any atom is -0.302 e. The van der Waals surface area contributed by atoms with Crippen molar-refractivity contribution in [2.24, 2.45) is 0 Å². The summed E-state index contributed by atoms with van der Waals surface area (Å²) in [7, 11) is -3.40. The zero-order valence-electron chi connectivity index (χ0n) is 12.1. The third-order valence-electron chi connectivity index (χ3n) is 3.10. The first-order valence-electron chi connectivity index (χ1n) is 6.90. The SMILES string of the molecule is CCCN(CC)CCNS(=O)(=O)c1ccc(CBr)cc1. The molecule has 0 amide bonds. The van der Waals surface area contributed by atoms with Crippen molar-refractivity contribution in [2.75, 3.05) is 26.2 Å². The van der Waals surface area contributed by atoms with Crippen molar-refractivity contribution in [3.8, 4) is 0 Å². The van der Waals surface area contributed by atoms with Gasteiger partial charge in [0.25, 0.3) is 0 Å². The lowest BCUT2D eigenvalue weighted by molar-refractivity contribution is 0.293. The molecule has 0 bridgehead atoms. The standard InChI is InChI=1S/C14H23BrN2O2S/c1-3-10-17(4-2)11-9-16-20(18,19)14-7-5-13(12-15)6-8-14/h5-8,16H,3-4,9-12H2,1-2H3. The van der Waals surface area contributed by atoms with Gasteiger partial charge in [-0.05, 0) is 37.2 Å². The fourth-order valence-electron chi connectivity index (χ4n) is 1.92. The molecule has 0 fully saturated rings. The van der Waals surface area contributed by atoms with E-state index in [1.807, 2.05) is 12.1 Å². The van der Waals surface area contributed by atoms with Gasteiger partial charge in [-0.1, -0.05) is 41.9 Å². The molecule has 0 unspecified atom stereocenters. The van der Waals surface area contributed by atoms with Gasteiger partial charge in [0.15, 0.2) is 0 Å². The molecule has 1 aromatic carbocycles. The zero-order chi connectivity index (χ0) is 15.0. The van der Waals surface area contributed by atoms with E-state index in [1.165, 1.54) is 0 Å². The molecule has 0 aromatic heterocycles. The molecular formula is C14H23BrN2O2S. The third kappa shape index (κ3) is 5.52. The largest absolute Gasteiger partial charge is 0.302 e. The molecule has 0 aliphatic carbocycles. The second kappa shape index (κ2) is 8.77. The first kappa shape index (κ1) is 17.6. The van der Waals surface area contributed by atoms with Crippen LogP contribution in [0.3, 0.4) is 0 Å². The second-order valence-corrected chi connectivity index (χ2v) is 6.94. The van der Waals surface area contributed by atoms with Crippen molar-refractivity contribution in [2.45, 2.75) is 30.5 Å². The third-order valence-corrected chi connectivity index (χ3v) is 5.22. The van der Waals surface area contributed by atoms with Crippen LogP contribution in [0.15, 0.2) is 29.2 Å². The smallest absolute Gasteiger partial charge is 0.240 e. The predicted molar refractivity (Wildman–Crippen MR) is 86.7 cm³/mol. The van der Waals surface area contributed by atoms with E-state index in [0.717, 1.165) is 36.9 Å². The van der Waals surface area contributed by atoms with Gasteiger partial charge in [0.1, 0.15) is 0 Å². The topological polar surface area (TPSA) is 49.4 Å². The minimum absolute atomic E-state index is 0.320. The molecule has 1 rings (SSSR count). The maximum Gasteiger partial charge on any atom is 0.240 e. The van der Waals surface area contributed by atoms with Crippen LogP contribution >= 0.6 is 15.9 Å². The minimum atomic E-state index is -3.40. The summed E-state index contributed by atoms with van der Waals surface area (Å²) in [5, 5.41) is 0.725. The first-order chi connectivity index (χ1) is 9.53. The Morgan fingerprint density at radius 2 is 1.80 bits per heavy atom. The highest BCUT2D eigenvalue weighted by Crippen LogP contribution is 2.12. The van der Waals surface area contributed by atoms with Gasteiger partial charge in [-0.25, -0.2) is 13.1 Å². The Balaban J connectivity index is 2.56. The average Bonchev–Trinajstić information content (AvgIpc) is 2.46. The predicted octanol–water partition coefficient (Wildman–Crippen LogP) is 2.59. The average molecular weight is 363 g/mol. The summed E-state index contributed by atoms with van der Waals surface area (Å²) >= 11 is 3.34. The number of alkyl halides is 1. The Morgan fingerprint density at radius 3 is 2.30 bits per heavy atom. The highest BCUT2D eigenvalue weighted by atomic mass is 79.9. The Labute approximate surface area is 130 Å². The molecule has 1 aromatic rings. The van der Waals surface area contributed by atoms with Crippen LogP contribution in [0, 0.1) is 0 Å². The van der Waals surface area contributed by atoms with Crippen LogP contribution in [0.25, 0.3) is 0 Å². The number of rotatable bonds is 9. The summed E-state index contributed by atoms with van der Waals surface area (Å²) in [6.07, 6.45) is 1.08. The number of nitrogens with one attached hydrogen (secondary N) is 1. The van der Waals surface area contributed by atoms with Crippen LogP contribution in [-0.4, -0.2) is 39.5 Å². The molecule has 114 valence electrons. The highest BCUT2D eigenvalue weighted by molar-refractivity contribution is 9.08. The van der Waals surface area contributed by atoms with Gasteiger partial charge in [0.05, 0.1) is 4.90 Å². The van der Waals surface area contributed by atoms with Crippen LogP contribution < -0.4 is 4.72 Å². The van der Waals surface area contributed by atoms with Crippen molar-refractivity contribution in [1.82, 2.24) is 9.62 Å². The molecule has 0 aliphatic heterocycles. The van der Waals surface area contributed by atoms with Gasteiger partial charge in [-0.3, -0.25) is 0 Å². The van der Waals surface area contributed by atoms with Gasteiger partial charge < -0.3 is 4.90 Å². The van der Waals surface area contributed by atoms with E-state index in [1.54, 1.807) is 12.1 Å². The molecule has 0 atom stereocenters. The zero-order valence-corrected chi connectivity index (χ0v) is 14.5.